The number of carbonyl (C=O) groups is 3. The number of nitrogens with two attached hydrogens (primary N) is 1. The lowest BCUT2D eigenvalue weighted by Gasteiger charge is -2.25. The smallest absolute Gasteiger partial charge is 0.345 e. The van der Waals surface area contributed by atoms with E-state index in [1.165, 1.54) is 35.6 Å². The average molecular weight is 618 g/mol. The van der Waals surface area contributed by atoms with Gasteiger partial charge in [0.05, 0.1) is 18.7 Å². The van der Waals surface area contributed by atoms with E-state index in [9.17, 15) is 23.2 Å². The van der Waals surface area contributed by atoms with Crippen molar-refractivity contribution in [2.24, 2.45) is 5.73 Å². The first-order chi connectivity index (χ1) is 20.4. The molecule has 1 saturated heterocycles. The first kappa shape index (κ1) is 30.2. The van der Waals surface area contributed by atoms with Crippen LogP contribution in [0.4, 0.5) is 17.6 Å². The van der Waals surface area contributed by atoms with Crippen LogP contribution in [0.25, 0.3) is 11.1 Å². The Morgan fingerprint density at radius 3 is 2.53 bits per heavy atom. The Labute approximate surface area is 247 Å². The first-order valence-corrected chi connectivity index (χ1v) is 14.1. The van der Waals surface area contributed by atoms with E-state index in [1.807, 2.05) is 0 Å². The minimum atomic E-state index is -3.30. The highest BCUT2D eigenvalue weighted by atomic mass is 32.1. The summed E-state index contributed by atoms with van der Waals surface area (Å²) < 4.78 is 60.6. The second-order valence-electron chi connectivity index (χ2n) is 10.3. The monoisotopic (exact) mass is 617 g/mol. The summed E-state index contributed by atoms with van der Waals surface area (Å²) in [5, 5.41) is 14.3. The van der Waals surface area contributed by atoms with Gasteiger partial charge in [-0.2, -0.15) is 17.6 Å². The van der Waals surface area contributed by atoms with Gasteiger partial charge in [0.1, 0.15) is 11.9 Å². The number of rotatable bonds is 9. The van der Waals surface area contributed by atoms with E-state index < -0.39 is 55.0 Å². The van der Waals surface area contributed by atoms with Crippen LogP contribution in [-0.4, -0.2) is 60.3 Å². The van der Waals surface area contributed by atoms with Crippen LogP contribution in [0.5, 0.6) is 0 Å². The van der Waals surface area contributed by atoms with Crippen LogP contribution in [0.1, 0.15) is 51.3 Å². The van der Waals surface area contributed by atoms with E-state index >= 15 is 8.78 Å². The number of nitrogen functional groups attached to an aromatic ring is 1. The maximum Gasteiger partial charge on any atom is 0.345 e. The SMILES string of the molecule is C[C@@H](NC(=O)[C@@H]1C[C@@H](OC(F)F)CN1C(=O)CNC(=O)c1ccc2c(c1)C(F)(F)c1ccccc1-2)c1cc(C(=N)N)cs1. The number of ether oxygens (including phenoxy) is 1. The molecule has 1 aromatic heterocycles. The highest BCUT2D eigenvalue weighted by Gasteiger charge is 2.45. The number of hydrogen-bond acceptors (Lipinski definition) is 6. The number of benzene rings is 2. The van der Waals surface area contributed by atoms with Gasteiger partial charge >= 0.3 is 6.61 Å². The molecule has 5 rings (SSSR count). The van der Waals surface area contributed by atoms with Gasteiger partial charge in [0.15, 0.2) is 0 Å². The summed E-state index contributed by atoms with van der Waals surface area (Å²) in [5.74, 6) is -5.60. The Kier molecular flexibility index (Phi) is 8.25. The normalized spacial score (nSPS) is 19.1. The molecule has 1 aliphatic heterocycles. The van der Waals surface area contributed by atoms with Gasteiger partial charge in [-0.3, -0.25) is 19.8 Å². The van der Waals surface area contributed by atoms with Crippen LogP contribution < -0.4 is 16.4 Å². The maximum atomic E-state index is 15.1. The van der Waals surface area contributed by atoms with E-state index in [0.717, 1.165) is 11.0 Å². The molecule has 5 N–H and O–H groups in total. The van der Waals surface area contributed by atoms with Gasteiger partial charge in [0, 0.05) is 45.5 Å². The largest absolute Gasteiger partial charge is 0.384 e. The lowest BCUT2D eigenvalue weighted by molar-refractivity contribution is -0.160. The fraction of sp³-hybridized carbons (Fsp3) is 0.310. The zero-order valence-electron chi connectivity index (χ0n) is 22.7. The highest BCUT2D eigenvalue weighted by Crippen LogP contribution is 2.50. The molecule has 0 spiro atoms. The van der Waals surface area contributed by atoms with Crippen molar-refractivity contribution in [3.63, 3.8) is 0 Å². The van der Waals surface area contributed by atoms with E-state index in [-0.39, 0.29) is 35.5 Å². The lowest BCUT2D eigenvalue weighted by Crippen LogP contribution is -2.49. The quantitative estimate of drug-likeness (QED) is 0.164. The fourth-order valence-corrected chi connectivity index (χ4v) is 6.26. The molecule has 3 atom stereocenters. The van der Waals surface area contributed by atoms with Crippen molar-refractivity contribution in [1.82, 2.24) is 15.5 Å². The van der Waals surface area contributed by atoms with Crippen LogP contribution in [0.2, 0.25) is 0 Å². The predicted molar refractivity (Wildman–Crippen MR) is 150 cm³/mol. The number of fused-ring (bicyclic) bond motifs is 3. The molecule has 9 nitrogen and oxygen atoms in total. The third-order valence-corrected chi connectivity index (χ3v) is 8.59. The molecule has 3 amide bonds. The van der Waals surface area contributed by atoms with Crippen LogP contribution in [0.3, 0.4) is 0 Å². The van der Waals surface area contributed by atoms with Crippen LogP contribution >= 0.6 is 11.3 Å². The van der Waals surface area contributed by atoms with Crippen molar-refractivity contribution in [3.8, 4) is 11.1 Å². The zero-order chi connectivity index (χ0) is 31.1. The molecule has 14 heteroatoms. The average Bonchev–Trinajstić information content (AvgIpc) is 3.68. The van der Waals surface area contributed by atoms with Crippen LogP contribution in [-0.2, 0) is 20.2 Å². The molecular weight excluding hydrogens is 590 g/mol. The third-order valence-electron chi connectivity index (χ3n) is 7.47. The molecule has 1 aliphatic carbocycles. The van der Waals surface area contributed by atoms with E-state index in [0.29, 0.717) is 21.6 Å². The predicted octanol–water partition coefficient (Wildman–Crippen LogP) is 3.97. The summed E-state index contributed by atoms with van der Waals surface area (Å²) in [4.78, 5) is 40.9. The molecule has 2 aromatic carbocycles. The number of carbonyl (C=O) groups excluding carboxylic acids is 3. The number of halogens is 4. The molecule has 1 fully saturated rings. The van der Waals surface area contributed by atoms with Crippen LogP contribution in [0.15, 0.2) is 53.9 Å². The lowest BCUT2D eigenvalue weighted by atomic mass is 10.0. The van der Waals surface area contributed by atoms with Gasteiger partial charge in [0.2, 0.25) is 11.8 Å². The second-order valence-corrected chi connectivity index (χ2v) is 11.2. The molecule has 0 radical (unpaired) electrons. The minimum absolute atomic E-state index is 0.0941. The van der Waals surface area contributed by atoms with E-state index in [1.54, 1.807) is 30.5 Å². The van der Waals surface area contributed by atoms with Gasteiger partial charge in [-0.1, -0.05) is 30.3 Å². The first-order valence-electron chi connectivity index (χ1n) is 13.2. The summed E-state index contributed by atoms with van der Waals surface area (Å²) >= 11 is 1.27. The zero-order valence-corrected chi connectivity index (χ0v) is 23.5. The van der Waals surface area contributed by atoms with Crippen molar-refractivity contribution in [1.29, 1.82) is 5.41 Å². The number of nitrogens with one attached hydrogen (secondary N) is 3. The summed E-state index contributed by atoms with van der Waals surface area (Å²) in [6.45, 7) is -2.37. The second kappa shape index (κ2) is 11.8. The highest BCUT2D eigenvalue weighted by molar-refractivity contribution is 7.10. The molecule has 0 bridgehead atoms. The van der Waals surface area contributed by atoms with Gasteiger partial charge < -0.3 is 26.0 Å². The maximum absolute atomic E-state index is 15.1. The molecule has 226 valence electrons. The number of amidine groups is 1. The van der Waals surface area contributed by atoms with Crippen LogP contribution in [0, 0.1) is 5.41 Å². The van der Waals surface area contributed by atoms with E-state index in [4.69, 9.17) is 11.1 Å². The van der Waals surface area contributed by atoms with Crippen molar-refractivity contribution in [2.45, 2.75) is 44.1 Å². The molecule has 0 unspecified atom stereocenters. The Hall–Kier alpha value is -4.30. The topological polar surface area (TPSA) is 138 Å². The van der Waals surface area contributed by atoms with Gasteiger partial charge in [-0.25, -0.2) is 0 Å². The summed E-state index contributed by atoms with van der Waals surface area (Å²) in [7, 11) is 0. The standard InChI is InChI=1S/C29H27F4N5O4S/c1-14(23-9-16(13-43-23)25(34)35)37-27(41)22-10-17(42-28(30)31)12-38(22)24(39)11-36-26(40)15-6-7-19-18-4-2-3-5-20(18)29(32,33)21(19)8-15/h2-9,13-14,17,22,28H,10-12H2,1H3,(H3,34,35)(H,36,40)(H,37,41)/t14-,17-,22+/m1/s1. The summed E-state index contributed by atoms with van der Waals surface area (Å²) in [6, 6.07) is 9.86. The van der Waals surface area contributed by atoms with Gasteiger partial charge in [-0.05, 0) is 36.2 Å². The molecule has 43 heavy (non-hydrogen) atoms. The number of likely N-dealkylation sites (tertiary alicyclic amines) is 1. The Morgan fingerprint density at radius 1 is 1.12 bits per heavy atom. The number of hydrogen-bond donors (Lipinski definition) is 4. The fourth-order valence-electron chi connectivity index (χ4n) is 5.34. The Bertz CT molecular complexity index is 1600. The van der Waals surface area contributed by atoms with Crippen molar-refractivity contribution >= 4 is 34.9 Å². The van der Waals surface area contributed by atoms with Gasteiger partial charge in [-0.15, -0.1) is 11.3 Å². The Morgan fingerprint density at radius 2 is 1.84 bits per heavy atom. The number of alkyl halides is 4. The van der Waals surface area contributed by atoms with Crippen molar-refractivity contribution in [2.75, 3.05) is 13.1 Å². The van der Waals surface area contributed by atoms with Gasteiger partial charge in [0.25, 0.3) is 11.8 Å². The summed E-state index contributed by atoms with van der Waals surface area (Å²) in [5.41, 5.74) is 6.07. The molecular formula is C29H27F4N5O4S. The number of thiophene rings is 1. The van der Waals surface area contributed by atoms with Crippen molar-refractivity contribution in [3.05, 3.63) is 81.0 Å². The van der Waals surface area contributed by atoms with E-state index in [2.05, 4.69) is 15.4 Å². The third kappa shape index (κ3) is 5.97. The minimum Gasteiger partial charge on any atom is -0.384 e. The molecule has 3 aromatic rings. The molecule has 2 heterocycles. The summed E-state index contributed by atoms with van der Waals surface area (Å²) in [6.07, 6.45) is -1.33. The number of nitrogens with zero attached hydrogens (tertiary/aromatic N) is 1. The Balaban J connectivity index is 1.26. The number of amides is 3. The molecule has 0 saturated carbocycles. The molecule has 2 aliphatic rings. The van der Waals surface area contributed by atoms with Crippen molar-refractivity contribution < 1.29 is 36.7 Å².